The van der Waals surface area contributed by atoms with Crippen molar-refractivity contribution in [3.8, 4) is 0 Å². The van der Waals surface area contributed by atoms with E-state index in [0.29, 0.717) is 12.8 Å². The van der Waals surface area contributed by atoms with Crippen LogP contribution in [0.5, 0.6) is 0 Å². The van der Waals surface area contributed by atoms with Gasteiger partial charge in [-0.2, -0.15) is 0 Å². The molecule has 0 spiro atoms. The largest absolute Gasteiger partial charge is 0.321 e. The Morgan fingerprint density at radius 3 is 2.69 bits per heavy atom. The molecule has 0 radical (unpaired) electrons. The van der Waals surface area contributed by atoms with Gasteiger partial charge < -0.3 is 5.73 Å². The van der Waals surface area contributed by atoms with Gasteiger partial charge in [0.05, 0.1) is 6.04 Å². The van der Waals surface area contributed by atoms with E-state index in [-0.39, 0.29) is 7.21 Å². The fraction of sp³-hybridized carbons (Fsp3) is 0.538. The molecule has 1 rings (SSSR count). The molecule has 0 amide bonds. The van der Waals surface area contributed by atoms with Crippen LogP contribution in [-0.2, 0) is 11.2 Å². The SMILES string of the molecule is CC.CCCC(=O)[C@@H](N)Cc1ccccn1.[HH]. The van der Waals surface area contributed by atoms with Gasteiger partial charge in [-0.05, 0) is 18.6 Å². The quantitative estimate of drug-likeness (QED) is 0.836. The van der Waals surface area contributed by atoms with Gasteiger partial charge in [-0.1, -0.05) is 26.8 Å². The molecule has 0 unspecified atom stereocenters. The molecular weight excluding hydrogens is 200 g/mol. The molecule has 0 aliphatic heterocycles. The molecule has 2 N–H and O–H groups in total. The second-order valence-corrected chi connectivity index (χ2v) is 3.35. The number of rotatable bonds is 5. The summed E-state index contributed by atoms with van der Waals surface area (Å²) < 4.78 is 0. The number of nitrogens with two attached hydrogens (primary N) is 1. The van der Waals surface area contributed by atoms with E-state index in [2.05, 4.69) is 4.98 Å². The third kappa shape index (κ3) is 5.61. The van der Waals surface area contributed by atoms with Crippen molar-refractivity contribution in [2.75, 3.05) is 0 Å². The van der Waals surface area contributed by atoms with Crippen LogP contribution in [0.1, 0.15) is 40.7 Å². The Morgan fingerprint density at radius 2 is 2.19 bits per heavy atom. The molecule has 92 valence electrons. The smallest absolute Gasteiger partial charge is 0.149 e. The molecule has 1 atom stereocenters. The summed E-state index contributed by atoms with van der Waals surface area (Å²) in [6.45, 7) is 5.98. The first-order valence-electron chi connectivity index (χ1n) is 5.92. The third-order valence-electron chi connectivity index (χ3n) is 2.07. The lowest BCUT2D eigenvalue weighted by molar-refractivity contribution is -0.120. The second kappa shape index (κ2) is 9.04. The van der Waals surface area contributed by atoms with E-state index in [4.69, 9.17) is 5.73 Å². The van der Waals surface area contributed by atoms with Gasteiger partial charge in [-0.25, -0.2) is 0 Å². The predicted molar refractivity (Wildman–Crippen MR) is 69.3 cm³/mol. The van der Waals surface area contributed by atoms with Gasteiger partial charge in [-0.3, -0.25) is 9.78 Å². The number of aromatic nitrogens is 1. The Bertz CT molecular complexity index is 291. The van der Waals surface area contributed by atoms with Gasteiger partial charge >= 0.3 is 0 Å². The average molecular weight is 224 g/mol. The Hall–Kier alpha value is -1.22. The number of hydrogen-bond donors (Lipinski definition) is 1. The number of carbonyl (C=O) groups excluding carboxylic acids is 1. The van der Waals surface area contributed by atoms with Crippen LogP contribution in [0, 0.1) is 0 Å². The van der Waals surface area contributed by atoms with E-state index >= 15 is 0 Å². The molecule has 1 aromatic rings. The molecule has 0 saturated carbocycles. The van der Waals surface area contributed by atoms with E-state index < -0.39 is 6.04 Å². The van der Waals surface area contributed by atoms with Gasteiger partial charge in [-0.15, -0.1) is 0 Å². The Labute approximate surface area is 99.6 Å². The number of pyridine rings is 1. The number of Topliss-reactive ketones (excluding diaryl/α,β-unsaturated/α-hetero) is 1. The van der Waals surface area contributed by atoms with Crippen molar-refractivity contribution in [3.63, 3.8) is 0 Å². The molecule has 0 aromatic carbocycles. The minimum absolute atomic E-state index is 0. The maximum atomic E-state index is 11.4. The molecule has 0 fully saturated rings. The summed E-state index contributed by atoms with van der Waals surface area (Å²) in [6, 6.07) is 5.24. The minimum Gasteiger partial charge on any atom is -0.321 e. The minimum atomic E-state index is -0.398. The van der Waals surface area contributed by atoms with Crippen molar-refractivity contribution in [2.45, 2.75) is 46.1 Å². The van der Waals surface area contributed by atoms with Crippen molar-refractivity contribution in [1.29, 1.82) is 0 Å². The molecule has 16 heavy (non-hydrogen) atoms. The van der Waals surface area contributed by atoms with Crippen molar-refractivity contribution < 1.29 is 6.22 Å². The first-order valence-corrected chi connectivity index (χ1v) is 5.92. The Kier molecular flexibility index (Phi) is 8.35. The first-order chi connectivity index (χ1) is 7.74. The zero-order chi connectivity index (χ0) is 12.4. The highest BCUT2D eigenvalue weighted by Gasteiger charge is 2.12. The van der Waals surface area contributed by atoms with Gasteiger partial charge in [0, 0.05) is 26.2 Å². The van der Waals surface area contributed by atoms with Crippen molar-refractivity contribution in [2.24, 2.45) is 5.73 Å². The van der Waals surface area contributed by atoms with E-state index in [1.54, 1.807) is 6.20 Å². The average Bonchev–Trinajstić information content (AvgIpc) is 2.33. The number of hydrogen-bond acceptors (Lipinski definition) is 3. The lowest BCUT2D eigenvalue weighted by atomic mass is 10.0. The van der Waals surface area contributed by atoms with Gasteiger partial charge in [0.1, 0.15) is 5.78 Å². The first kappa shape index (κ1) is 14.8. The number of ketones is 1. The van der Waals surface area contributed by atoms with Crippen molar-refractivity contribution >= 4 is 5.78 Å². The zero-order valence-electron chi connectivity index (χ0n) is 10.4. The predicted octanol–water partition coefficient (Wildman–Crippen LogP) is 2.59. The Morgan fingerprint density at radius 1 is 1.50 bits per heavy atom. The molecule has 1 aromatic heterocycles. The van der Waals surface area contributed by atoms with Crippen LogP contribution >= 0.6 is 0 Å². The molecule has 3 heteroatoms. The van der Waals surface area contributed by atoms with Crippen LogP contribution in [-0.4, -0.2) is 16.8 Å². The van der Waals surface area contributed by atoms with Crippen LogP contribution in [0.15, 0.2) is 24.4 Å². The molecule has 0 aliphatic carbocycles. The molecule has 3 nitrogen and oxygen atoms in total. The topological polar surface area (TPSA) is 56.0 Å². The standard InChI is InChI=1S/C11H16N2O.C2H6.H2/c1-2-5-11(14)10(12)8-9-6-3-4-7-13-9;1-2;/h3-4,6-7,10H,2,5,8,12H2,1H3;1-2H3;1H/t10-;;/m0../s1. The number of nitrogens with zero attached hydrogens (tertiary/aromatic N) is 1. The van der Waals surface area contributed by atoms with Gasteiger partial charge in [0.25, 0.3) is 0 Å². The zero-order valence-corrected chi connectivity index (χ0v) is 10.4. The van der Waals surface area contributed by atoms with Crippen molar-refractivity contribution in [3.05, 3.63) is 30.1 Å². The van der Waals surface area contributed by atoms with E-state index in [9.17, 15) is 4.79 Å². The summed E-state index contributed by atoms with van der Waals surface area (Å²) in [5, 5.41) is 0. The van der Waals surface area contributed by atoms with E-state index in [1.807, 2.05) is 39.0 Å². The fourth-order valence-corrected chi connectivity index (χ4v) is 1.29. The summed E-state index contributed by atoms with van der Waals surface area (Å²) in [5.74, 6) is 0.123. The molecule has 0 saturated heterocycles. The summed E-state index contributed by atoms with van der Waals surface area (Å²) >= 11 is 0. The Balaban J connectivity index is 0. The fourth-order valence-electron chi connectivity index (χ4n) is 1.29. The third-order valence-corrected chi connectivity index (χ3v) is 2.07. The lowest BCUT2D eigenvalue weighted by Crippen LogP contribution is -2.32. The normalized spacial score (nSPS) is 11.2. The summed E-state index contributed by atoms with van der Waals surface area (Å²) in [7, 11) is 0. The molecular formula is C13H24N2O. The molecule has 1 heterocycles. The van der Waals surface area contributed by atoms with Gasteiger partial charge in [0.15, 0.2) is 0 Å². The highest BCUT2D eigenvalue weighted by Crippen LogP contribution is 2.01. The van der Waals surface area contributed by atoms with Crippen LogP contribution in [0.2, 0.25) is 0 Å². The van der Waals surface area contributed by atoms with Crippen LogP contribution in [0.3, 0.4) is 0 Å². The van der Waals surface area contributed by atoms with E-state index in [1.165, 1.54) is 0 Å². The van der Waals surface area contributed by atoms with Crippen molar-refractivity contribution in [1.82, 2.24) is 4.98 Å². The van der Waals surface area contributed by atoms with Crippen LogP contribution < -0.4 is 5.73 Å². The highest BCUT2D eigenvalue weighted by molar-refractivity contribution is 5.83. The van der Waals surface area contributed by atoms with Crippen LogP contribution in [0.25, 0.3) is 0 Å². The maximum absolute atomic E-state index is 11.4. The highest BCUT2D eigenvalue weighted by atomic mass is 16.1. The monoisotopic (exact) mass is 224 g/mol. The van der Waals surface area contributed by atoms with Crippen LogP contribution in [0.4, 0.5) is 0 Å². The van der Waals surface area contributed by atoms with E-state index in [0.717, 1.165) is 12.1 Å². The summed E-state index contributed by atoms with van der Waals surface area (Å²) in [6.07, 6.45) is 3.68. The maximum Gasteiger partial charge on any atom is 0.149 e. The molecule has 0 bridgehead atoms. The van der Waals surface area contributed by atoms with Gasteiger partial charge in [0.2, 0.25) is 0 Å². The summed E-state index contributed by atoms with van der Waals surface area (Å²) in [4.78, 5) is 15.5. The lowest BCUT2D eigenvalue weighted by Gasteiger charge is -2.08. The molecule has 0 aliphatic rings. The second-order valence-electron chi connectivity index (χ2n) is 3.35. The number of carbonyl (C=O) groups is 1. The summed E-state index contributed by atoms with van der Waals surface area (Å²) in [5.41, 5.74) is 6.62.